The largest absolute Gasteiger partial charge is 0.481 e. The molecule has 2 aliphatic carbocycles. The smallest absolute Gasteiger partial charge is 0.310 e. The summed E-state index contributed by atoms with van der Waals surface area (Å²) in [6.07, 6.45) is 4.25. The lowest BCUT2D eigenvalue weighted by molar-refractivity contribution is -0.151. The van der Waals surface area contributed by atoms with Crippen molar-refractivity contribution in [3.8, 4) is 0 Å². The average molecular weight is 275 g/mol. The minimum absolute atomic E-state index is 0.0495. The first-order chi connectivity index (χ1) is 8.36. The summed E-state index contributed by atoms with van der Waals surface area (Å²) in [6.45, 7) is 2.16. The van der Waals surface area contributed by atoms with Gasteiger partial charge in [-0.3, -0.25) is 4.79 Å². The second kappa shape index (κ2) is 4.81. The molecule has 6 heteroatoms. The highest BCUT2D eigenvalue weighted by atomic mass is 32.2. The third kappa shape index (κ3) is 2.85. The molecule has 0 saturated heterocycles. The molecule has 0 aromatic heterocycles. The van der Waals surface area contributed by atoms with Gasteiger partial charge in [-0.2, -0.15) is 0 Å². The van der Waals surface area contributed by atoms with Gasteiger partial charge in [0.05, 0.1) is 10.7 Å². The van der Waals surface area contributed by atoms with Gasteiger partial charge in [0.2, 0.25) is 10.0 Å². The number of hydrogen-bond donors (Lipinski definition) is 2. The number of rotatable bonds is 5. The molecule has 0 unspecified atom stereocenters. The van der Waals surface area contributed by atoms with E-state index in [1.54, 1.807) is 0 Å². The van der Waals surface area contributed by atoms with E-state index in [0.717, 1.165) is 12.8 Å². The molecule has 0 aromatic rings. The first-order valence-corrected chi connectivity index (χ1v) is 8.12. The molecule has 0 spiro atoms. The predicted octanol–water partition coefficient (Wildman–Crippen LogP) is 1.35. The lowest BCUT2D eigenvalue weighted by Crippen LogP contribution is -2.45. The zero-order chi connectivity index (χ0) is 13.4. The molecule has 104 valence electrons. The number of carboxylic acids is 1. The van der Waals surface area contributed by atoms with Gasteiger partial charge in [-0.1, -0.05) is 6.92 Å². The quantitative estimate of drug-likeness (QED) is 0.793. The van der Waals surface area contributed by atoms with Crippen molar-refractivity contribution in [2.75, 3.05) is 6.54 Å². The Morgan fingerprint density at radius 2 is 1.83 bits per heavy atom. The van der Waals surface area contributed by atoms with E-state index in [-0.39, 0.29) is 11.8 Å². The van der Waals surface area contributed by atoms with E-state index in [9.17, 15) is 18.3 Å². The Balaban J connectivity index is 2.00. The molecule has 2 N–H and O–H groups in total. The van der Waals surface area contributed by atoms with Crippen LogP contribution in [0.15, 0.2) is 0 Å². The molecule has 0 radical (unpaired) electrons. The molecule has 0 heterocycles. The third-order valence-electron chi connectivity index (χ3n) is 4.26. The first-order valence-electron chi connectivity index (χ1n) is 6.58. The molecule has 0 bridgehead atoms. The molecule has 2 aliphatic rings. The van der Waals surface area contributed by atoms with Crippen LogP contribution in [-0.4, -0.2) is 31.3 Å². The van der Waals surface area contributed by atoms with E-state index < -0.39 is 21.4 Å². The number of aliphatic carboxylic acids is 1. The van der Waals surface area contributed by atoms with Crippen LogP contribution in [0, 0.1) is 11.3 Å². The molecule has 18 heavy (non-hydrogen) atoms. The van der Waals surface area contributed by atoms with E-state index in [1.807, 2.05) is 0 Å². The molecular weight excluding hydrogens is 254 g/mol. The summed E-state index contributed by atoms with van der Waals surface area (Å²) in [4.78, 5) is 11.5. The molecule has 0 aromatic carbocycles. The minimum atomic E-state index is -3.28. The van der Waals surface area contributed by atoms with Crippen molar-refractivity contribution >= 4 is 16.0 Å². The van der Waals surface area contributed by atoms with Gasteiger partial charge in [-0.25, -0.2) is 13.1 Å². The monoisotopic (exact) mass is 275 g/mol. The van der Waals surface area contributed by atoms with Crippen LogP contribution in [0.4, 0.5) is 0 Å². The Morgan fingerprint density at radius 1 is 1.28 bits per heavy atom. The van der Waals surface area contributed by atoms with Crippen LogP contribution in [0.1, 0.15) is 45.4 Å². The summed E-state index contributed by atoms with van der Waals surface area (Å²) in [5.41, 5.74) is -0.894. The number of carbonyl (C=O) groups is 1. The molecule has 0 amide bonds. The summed E-state index contributed by atoms with van der Waals surface area (Å²) in [5.74, 6) is -0.328. The van der Waals surface area contributed by atoms with E-state index in [2.05, 4.69) is 11.6 Å². The van der Waals surface area contributed by atoms with Gasteiger partial charge in [0.25, 0.3) is 0 Å². The molecule has 0 aliphatic heterocycles. The van der Waals surface area contributed by atoms with Gasteiger partial charge in [0, 0.05) is 6.54 Å². The van der Waals surface area contributed by atoms with Crippen LogP contribution < -0.4 is 4.72 Å². The van der Waals surface area contributed by atoms with Crippen LogP contribution in [0.2, 0.25) is 0 Å². The van der Waals surface area contributed by atoms with Crippen molar-refractivity contribution in [1.29, 1.82) is 0 Å². The van der Waals surface area contributed by atoms with Gasteiger partial charge in [-0.05, 0) is 44.4 Å². The Morgan fingerprint density at radius 3 is 2.28 bits per heavy atom. The third-order valence-corrected chi connectivity index (χ3v) is 6.16. The first kappa shape index (κ1) is 13.8. The van der Waals surface area contributed by atoms with Gasteiger partial charge in [0.1, 0.15) is 0 Å². The molecule has 5 nitrogen and oxygen atoms in total. The van der Waals surface area contributed by atoms with Crippen LogP contribution in [0.25, 0.3) is 0 Å². The summed E-state index contributed by atoms with van der Waals surface area (Å²) in [6, 6.07) is 0. The average Bonchev–Trinajstić information content (AvgIpc) is 3.12. The minimum Gasteiger partial charge on any atom is -0.481 e. The second-order valence-corrected chi connectivity index (χ2v) is 7.88. The fraction of sp³-hybridized carbons (Fsp3) is 0.917. The van der Waals surface area contributed by atoms with Crippen molar-refractivity contribution in [2.24, 2.45) is 11.3 Å². The zero-order valence-corrected chi connectivity index (χ0v) is 11.5. The summed E-state index contributed by atoms with van der Waals surface area (Å²) in [5, 5.41) is 9.11. The second-order valence-electron chi connectivity index (χ2n) is 5.83. The Hall–Kier alpha value is -0.620. The zero-order valence-electron chi connectivity index (χ0n) is 10.7. The molecule has 2 rings (SSSR count). The number of carboxylic acid groups (broad SMARTS) is 1. The van der Waals surface area contributed by atoms with Crippen molar-refractivity contribution in [3.05, 3.63) is 0 Å². The number of hydrogen-bond acceptors (Lipinski definition) is 3. The van der Waals surface area contributed by atoms with Crippen molar-refractivity contribution in [1.82, 2.24) is 4.72 Å². The van der Waals surface area contributed by atoms with Crippen LogP contribution in [0.3, 0.4) is 0 Å². The van der Waals surface area contributed by atoms with E-state index >= 15 is 0 Å². The molecule has 0 atom stereocenters. The van der Waals surface area contributed by atoms with E-state index in [4.69, 9.17) is 0 Å². The van der Waals surface area contributed by atoms with Crippen LogP contribution >= 0.6 is 0 Å². The lowest BCUT2D eigenvalue weighted by Gasteiger charge is -2.35. The Bertz CT molecular complexity index is 419. The SMILES string of the molecule is CC1CCC(CNS(=O)(=O)C2CC2)(C(=O)O)CC1. The Kier molecular flexibility index (Phi) is 3.69. The molecular formula is C12H21NO4S. The highest BCUT2D eigenvalue weighted by Gasteiger charge is 2.43. The van der Waals surface area contributed by atoms with Gasteiger partial charge in [-0.15, -0.1) is 0 Å². The molecule has 2 saturated carbocycles. The van der Waals surface area contributed by atoms with Gasteiger partial charge in [0.15, 0.2) is 0 Å². The summed E-state index contributed by atoms with van der Waals surface area (Å²) in [7, 11) is -3.28. The highest BCUT2D eigenvalue weighted by molar-refractivity contribution is 7.90. The van der Waals surface area contributed by atoms with E-state index in [0.29, 0.717) is 31.6 Å². The van der Waals surface area contributed by atoms with Crippen molar-refractivity contribution in [3.63, 3.8) is 0 Å². The fourth-order valence-corrected chi connectivity index (χ4v) is 3.99. The van der Waals surface area contributed by atoms with Gasteiger partial charge >= 0.3 is 5.97 Å². The lowest BCUT2D eigenvalue weighted by atomic mass is 9.71. The topological polar surface area (TPSA) is 83.5 Å². The Labute approximate surface area is 108 Å². The normalized spacial score (nSPS) is 33.3. The standard InChI is InChI=1S/C12H21NO4S/c1-9-4-6-12(7-5-9,11(14)15)8-13-18(16,17)10-2-3-10/h9-10,13H,2-8H2,1H3,(H,14,15). The maximum absolute atomic E-state index is 11.8. The van der Waals surface area contributed by atoms with Crippen LogP contribution in [0.5, 0.6) is 0 Å². The number of sulfonamides is 1. The maximum atomic E-state index is 11.8. The fourth-order valence-electron chi connectivity index (χ4n) is 2.52. The summed E-state index contributed by atoms with van der Waals surface area (Å²) < 4.78 is 26.0. The predicted molar refractivity (Wildman–Crippen MR) is 67.6 cm³/mol. The maximum Gasteiger partial charge on any atom is 0.310 e. The van der Waals surface area contributed by atoms with E-state index in [1.165, 1.54) is 0 Å². The number of nitrogens with one attached hydrogen (secondary N) is 1. The van der Waals surface area contributed by atoms with Crippen LogP contribution in [-0.2, 0) is 14.8 Å². The van der Waals surface area contributed by atoms with Crippen molar-refractivity contribution < 1.29 is 18.3 Å². The summed E-state index contributed by atoms with van der Waals surface area (Å²) >= 11 is 0. The highest BCUT2D eigenvalue weighted by Crippen LogP contribution is 2.39. The van der Waals surface area contributed by atoms with Crippen molar-refractivity contribution in [2.45, 2.75) is 50.7 Å². The molecule has 2 fully saturated rings. The van der Waals surface area contributed by atoms with Gasteiger partial charge < -0.3 is 5.11 Å².